The van der Waals surface area contributed by atoms with Crippen LogP contribution >= 0.6 is 0 Å². The van der Waals surface area contributed by atoms with Crippen molar-refractivity contribution in [3.8, 4) is 0 Å². The largest absolute Gasteiger partial charge is 0.479 e. The monoisotopic (exact) mass is 402 g/mol. The highest BCUT2D eigenvalue weighted by Gasteiger charge is 2.26. The van der Waals surface area contributed by atoms with Crippen LogP contribution in [0, 0.1) is 11.8 Å². The number of carbonyl (C=O) groups is 2. The van der Waals surface area contributed by atoms with Crippen LogP contribution in [0.3, 0.4) is 0 Å². The lowest BCUT2D eigenvalue weighted by Gasteiger charge is -2.12. The molecule has 1 rings (SSSR count). The third kappa shape index (κ3) is 11.6. The Kier molecular flexibility index (Phi) is 13.8. The highest BCUT2D eigenvalue weighted by Crippen LogP contribution is 2.27. The number of unbranched alkanes of at least 4 members (excludes halogenated alkanes) is 9. The summed E-state index contributed by atoms with van der Waals surface area (Å²) in [6.07, 6.45) is 23.4. The Labute approximate surface area is 176 Å². The van der Waals surface area contributed by atoms with Gasteiger partial charge in [-0.3, -0.25) is 4.79 Å². The summed E-state index contributed by atoms with van der Waals surface area (Å²) in [5, 5.41) is 17.8. The number of carboxylic acid groups (broad SMARTS) is 1. The summed E-state index contributed by atoms with van der Waals surface area (Å²) in [5.41, 5.74) is 2.87. The molecule has 0 aromatic carbocycles. The van der Waals surface area contributed by atoms with Gasteiger partial charge >= 0.3 is 5.97 Å². The first kappa shape index (κ1) is 25.1. The SMILES string of the molecule is CCCCCCCCCCCC=C[C@H]1C=CC(=O)[C@@H]1CC=C=CCC(O)C(=O)O. The van der Waals surface area contributed by atoms with Crippen molar-refractivity contribution in [3.63, 3.8) is 0 Å². The van der Waals surface area contributed by atoms with Gasteiger partial charge in [0.2, 0.25) is 0 Å². The molecule has 1 aliphatic carbocycles. The maximum absolute atomic E-state index is 12.1. The van der Waals surface area contributed by atoms with E-state index in [0.29, 0.717) is 6.42 Å². The van der Waals surface area contributed by atoms with E-state index in [-0.39, 0.29) is 24.0 Å². The summed E-state index contributed by atoms with van der Waals surface area (Å²) in [7, 11) is 0. The average molecular weight is 403 g/mol. The molecule has 162 valence electrons. The van der Waals surface area contributed by atoms with E-state index < -0.39 is 12.1 Å². The summed E-state index contributed by atoms with van der Waals surface area (Å²) in [6.45, 7) is 2.25. The Morgan fingerprint density at radius 2 is 1.76 bits per heavy atom. The third-order valence-corrected chi connectivity index (χ3v) is 5.38. The van der Waals surface area contributed by atoms with E-state index in [0.717, 1.165) is 6.42 Å². The molecule has 0 saturated heterocycles. The molecule has 0 heterocycles. The molecule has 0 radical (unpaired) electrons. The number of ketones is 1. The van der Waals surface area contributed by atoms with E-state index in [1.165, 1.54) is 63.9 Å². The fourth-order valence-electron chi connectivity index (χ4n) is 3.51. The van der Waals surface area contributed by atoms with Crippen LogP contribution < -0.4 is 0 Å². The number of aliphatic carboxylic acids is 1. The standard InChI is InChI=1S/C25H38O4/c1-2-3-4-5-6-7-8-9-10-11-13-16-21-19-20-23(26)22(21)17-14-12-15-18-24(27)25(28)29/h13-16,19-22,24,27H,2-11,17-18H2,1H3,(H,28,29)/t12?,21-,22+,24?/m0/s1. The van der Waals surface area contributed by atoms with E-state index in [1.807, 2.05) is 6.08 Å². The predicted molar refractivity (Wildman–Crippen MR) is 118 cm³/mol. The number of hydrogen-bond acceptors (Lipinski definition) is 3. The molecule has 1 aliphatic rings. The molecule has 0 aliphatic heterocycles. The highest BCUT2D eigenvalue weighted by atomic mass is 16.4. The Bertz CT molecular complexity index is 596. The fourth-order valence-corrected chi connectivity index (χ4v) is 3.51. The Morgan fingerprint density at radius 3 is 2.41 bits per heavy atom. The number of carboxylic acids is 1. The van der Waals surface area contributed by atoms with Crippen LogP contribution in [0.15, 0.2) is 42.2 Å². The maximum Gasteiger partial charge on any atom is 0.332 e. The molecule has 3 atom stereocenters. The molecular formula is C25H38O4. The van der Waals surface area contributed by atoms with E-state index in [1.54, 1.807) is 12.2 Å². The van der Waals surface area contributed by atoms with Gasteiger partial charge in [0.15, 0.2) is 11.9 Å². The van der Waals surface area contributed by atoms with Crippen LogP contribution in [0.2, 0.25) is 0 Å². The van der Waals surface area contributed by atoms with Gasteiger partial charge in [0.25, 0.3) is 0 Å². The topological polar surface area (TPSA) is 74.6 Å². The maximum atomic E-state index is 12.1. The van der Waals surface area contributed by atoms with Gasteiger partial charge < -0.3 is 10.2 Å². The molecule has 29 heavy (non-hydrogen) atoms. The van der Waals surface area contributed by atoms with Gasteiger partial charge in [-0.05, 0) is 37.5 Å². The van der Waals surface area contributed by atoms with Crippen LogP contribution in [-0.2, 0) is 9.59 Å². The molecular weight excluding hydrogens is 364 g/mol. The molecule has 4 nitrogen and oxygen atoms in total. The fraction of sp³-hybridized carbons (Fsp3) is 0.640. The van der Waals surface area contributed by atoms with Crippen molar-refractivity contribution >= 4 is 11.8 Å². The van der Waals surface area contributed by atoms with Gasteiger partial charge in [0.1, 0.15) is 0 Å². The second-order valence-corrected chi connectivity index (χ2v) is 7.89. The number of aliphatic hydroxyl groups is 1. The lowest BCUT2D eigenvalue weighted by molar-refractivity contribution is -0.146. The van der Waals surface area contributed by atoms with Crippen molar-refractivity contribution in [2.45, 2.75) is 90.1 Å². The zero-order chi connectivity index (χ0) is 21.3. The van der Waals surface area contributed by atoms with E-state index >= 15 is 0 Å². The van der Waals surface area contributed by atoms with Crippen molar-refractivity contribution in [2.24, 2.45) is 11.8 Å². The molecule has 4 heteroatoms. The Hall–Kier alpha value is -1.90. The van der Waals surface area contributed by atoms with E-state index in [2.05, 4.69) is 24.8 Å². The third-order valence-electron chi connectivity index (χ3n) is 5.38. The molecule has 0 spiro atoms. The zero-order valence-electron chi connectivity index (χ0n) is 17.9. The number of carbonyl (C=O) groups excluding carboxylic acids is 1. The summed E-state index contributed by atoms with van der Waals surface area (Å²) in [4.78, 5) is 22.6. The lowest BCUT2D eigenvalue weighted by Crippen LogP contribution is -2.17. The van der Waals surface area contributed by atoms with Crippen molar-refractivity contribution in [1.29, 1.82) is 0 Å². The molecule has 0 bridgehead atoms. The summed E-state index contributed by atoms with van der Waals surface area (Å²) in [6, 6.07) is 0. The van der Waals surface area contributed by atoms with Crippen LogP contribution in [0.5, 0.6) is 0 Å². The van der Waals surface area contributed by atoms with Crippen LogP contribution in [0.4, 0.5) is 0 Å². The van der Waals surface area contributed by atoms with Crippen LogP contribution in [-0.4, -0.2) is 28.1 Å². The zero-order valence-corrected chi connectivity index (χ0v) is 17.9. The average Bonchev–Trinajstić information content (AvgIpc) is 3.05. The van der Waals surface area contributed by atoms with E-state index in [4.69, 9.17) is 5.11 Å². The Morgan fingerprint density at radius 1 is 1.10 bits per heavy atom. The second-order valence-electron chi connectivity index (χ2n) is 7.89. The van der Waals surface area contributed by atoms with Gasteiger partial charge in [-0.15, -0.1) is 5.73 Å². The highest BCUT2D eigenvalue weighted by molar-refractivity contribution is 5.95. The molecule has 0 saturated carbocycles. The predicted octanol–water partition coefficient (Wildman–Crippen LogP) is 5.77. The minimum Gasteiger partial charge on any atom is -0.479 e. The number of hydrogen-bond donors (Lipinski definition) is 2. The minimum absolute atomic E-state index is 0.0186. The summed E-state index contributed by atoms with van der Waals surface area (Å²) >= 11 is 0. The summed E-state index contributed by atoms with van der Waals surface area (Å²) in [5.74, 6) is -1.08. The molecule has 0 aromatic heterocycles. The number of allylic oxidation sites excluding steroid dienone is 4. The molecule has 2 N–H and O–H groups in total. The summed E-state index contributed by atoms with van der Waals surface area (Å²) < 4.78 is 0. The van der Waals surface area contributed by atoms with Gasteiger partial charge in [0, 0.05) is 18.3 Å². The second kappa shape index (κ2) is 16.0. The van der Waals surface area contributed by atoms with E-state index in [9.17, 15) is 14.7 Å². The smallest absolute Gasteiger partial charge is 0.332 e. The van der Waals surface area contributed by atoms with Crippen LogP contribution in [0.25, 0.3) is 0 Å². The number of aliphatic hydroxyl groups excluding tert-OH is 1. The van der Waals surface area contributed by atoms with Gasteiger partial charge in [-0.1, -0.05) is 76.5 Å². The van der Waals surface area contributed by atoms with Crippen molar-refractivity contribution in [3.05, 3.63) is 42.2 Å². The first-order valence-electron chi connectivity index (χ1n) is 11.2. The van der Waals surface area contributed by atoms with Gasteiger partial charge in [0.05, 0.1) is 0 Å². The van der Waals surface area contributed by atoms with Crippen molar-refractivity contribution < 1.29 is 19.8 Å². The Balaban J connectivity index is 2.22. The van der Waals surface area contributed by atoms with Gasteiger partial charge in [-0.25, -0.2) is 4.79 Å². The minimum atomic E-state index is -1.40. The normalized spacial score (nSPS) is 19.4. The molecule has 0 aromatic rings. The van der Waals surface area contributed by atoms with Crippen molar-refractivity contribution in [1.82, 2.24) is 0 Å². The molecule has 0 fully saturated rings. The number of rotatable bonds is 16. The first-order valence-corrected chi connectivity index (χ1v) is 11.2. The molecule has 1 unspecified atom stereocenters. The lowest BCUT2D eigenvalue weighted by atomic mass is 9.91. The van der Waals surface area contributed by atoms with Crippen LogP contribution in [0.1, 0.15) is 84.0 Å². The van der Waals surface area contributed by atoms with Crippen molar-refractivity contribution in [2.75, 3.05) is 0 Å². The van der Waals surface area contributed by atoms with Gasteiger partial charge in [-0.2, -0.15) is 0 Å². The first-order chi connectivity index (χ1) is 14.1. The quantitative estimate of drug-likeness (QED) is 0.195. The molecule has 0 amide bonds.